The fourth-order valence-corrected chi connectivity index (χ4v) is 2.72. The van der Waals surface area contributed by atoms with Crippen LogP contribution in [0, 0.1) is 11.6 Å². The lowest BCUT2D eigenvalue weighted by atomic mass is 10.0. The standard InChI is InChI=1S/C17H12F2N4/c18-13-4-11(5-14(19)7-13)3-10-1-2-16-15(6-10)17(23-22-16)12-8-20-21-9-12/h1-2,4-9H,3H2,(H,20,21)(H,22,23). The molecule has 0 aliphatic heterocycles. The first-order chi connectivity index (χ1) is 11.2. The largest absolute Gasteiger partial charge is 0.285 e. The first-order valence-electron chi connectivity index (χ1n) is 7.10. The van der Waals surface area contributed by atoms with Crippen molar-refractivity contribution in [2.24, 2.45) is 0 Å². The van der Waals surface area contributed by atoms with Crippen LogP contribution in [-0.4, -0.2) is 20.4 Å². The predicted octanol–water partition coefficient (Wildman–Crippen LogP) is 3.82. The average Bonchev–Trinajstić information content (AvgIpc) is 3.14. The number of H-pyrrole nitrogens is 2. The van der Waals surface area contributed by atoms with E-state index < -0.39 is 11.6 Å². The molecule has 4 rings (SSSR count). The highest BCUT2D eigenvalue weighted by molar-refractivity contribution is 5.93. The highest BCUT2D eigenvalue weighted by Crippen LogP contribution is 2.27. The van der Waals surface area contributed by atoms with Crippen molar-refractivity contribution in [2.45, 2.75) is 6.42 Å². The van der Waals surface area contributed by atoms with Gasteiger partial charge in [0, 0.05) is 23.2 Å². The number of benzene rings is 2. The summed E-state index contributed by atoms with van der Waals surface area (Å²) in [5, 5.41) is 14.9. The summed E-state index contributed by atoms with van der Waals surface area (Å²) < 4.78 is 26.6. The molecule has 0 saturated carbocycles. The Morgan fingerprint density at radius 2 is 1.78 bits per heavy atom. The lowest BCUT2D eigenvalue weighted by molar-refractivity contribution is 0.580. The summed E-state index contributed by atoms with van der Waals surface area (Å²) in [6, 6.07) is 9.38. The van der Waals surface area contributed by atoms with Crippen LogP contribution >= 0.6 is 0 Å². The quantitative estimate of drug-likeness (QED) is 0.604. The minimum Gasteiger partial charge on any atom is -0.285 e. The van der Waals surface area contributed by atoms with Crippen LogP contribution in [0.4, 0.5) is 8.78 Å². The van der Waals surface area contributed by atoms with E-state index >= 15 is 0 Å². The van der Waals surface area contributed by atoms with Crippen molar-refractivity contribution in [3.05, 3.63) is 71.6 Å². The molecule has 0 fully saturated rings. The summed E-state index contributed by atoms with van der Waals surface area (Å²) in [7, 11) is 0. The van der Waals surface area contributed by atoms with Crippen molar-refractivity contribution in [1.82, 2.24) is 20.4 Å². The number of rotatable bonds is 3. The van der Waals surface area contributed by atoms with E-state index in [1.165, 1.54) is 12.1 Å². The van der Waals surface area contributed by atoms with Crippen LogP contribution in [0.25, 0.3) is 22.2 Å². The van der Waals surface area contributed by atoms with Gasteiger partial charge in [-0.2, -0.15) is 10.2 Å². The summed E-state index contributed by atoms with van der Waals surface area (Å²) in [5.74, 6) is -1.13. The molecule has 0 saturated heterocycles. The molecule has 0 unspecified atom stereocenters. The fourth-order valence-electron chi connectivity index (χ4n) is 2.72. The molecular weight excluding hydrogens is 298 g/mol. The number of hydrogen-bond acceptors (Lipinski definition) is 2. The summed E-state index contributed by atoms with van der Waals surface area (Å²) in [5.41, 5.74) is 4.12. The zero-order valence-corrected chi connectivity index (χ0v) is 12.0. The third kappa shape index (κ3) is 2.59. The Labute approximate surface area is 130 Å². The lowest BCUT2D eigenvalue weighted by Crippen LogP contribution is -1.91. The van der Waals surface area contributed by atoms with Gasteiger partial charge < -0.3 is 0 Å². The van der Waals surface area contributed by atoms with Crippen LogP contribution in [0.15, 0.2) is 48.8 Å². The molecular formula is C17H12F2N4. The molecule has 0 spiro atoms. The molecule has 0 radical (unpaired) electrons. The van der Waals surface area contributed by atoms with E-state index in [0.717, 1.165) is 33.8 Å². The SMILES string of the molecule is Fc1cc(F)cc(Cc2ccc3[nH]nc(-c4cn[nH]c4)c3c2)c1. The number of hydrogen-bond donors (Lipinski definition) is 2. The van der Waals surface area contributed by atoms with Crippen molar-refractivity contribution in [1.29, 1.82) is 0 Å². The van der Waals surface area contributed by atoms with Gasteiger partial charge in [-0.05, 0) is 41.8 Å². The summed E-state index contributed by atoms with van der Waals surface area (Å²) in [6.07, 6.45) is 3.91. The average molecular weight is 310 g/mol. The minimum absolute atomic E-state index is 0.445. The van der Waals surface area contributed by atoms with Crippen LogP contribution < -0.4 is 0 Å². The van der Waals surface area contributed by atoms with Crippen molar-refractivity contribution in [3.8, 4) is 11.3 Å². The monoisotopic (exact) mass is 310 g/mol. The van der Waals surface area contributed by atoms with Gasteiger partial charge >= 0.3 is 0 Å². The molecule has 0 aliphatic rings. The Hall–Kier alpha value is -3.02. The zero-order valence-electron chi connectivity index (χ0n) is 12.0. The highest BCUT2D eigenvalue weighted by atomic mass is 19.1. The number of nitrogens with one attached hydrogen (secondary N) is 2. The summed E-state index contributed by atoms with van der Waals surface area (Å²) in [4.78, 5) is 0. The number of nitrogens with zero attached hydrogens (tertiary/aromatic N) is 2. The van der Waals surface area contributed by atoms with E-state index in [2.05, 4.69) is 20.4 Å². The first-order valence-corrected chi connectivity index (χ1v) is 7.10. The van der Waals surface area contributed by atoms with Gasteiger partial charge in [-0.1, -0.05) is 6.07 Å². The van der Waals surface area contributed by atoms with Crippen molar-refractivity contribution >= 4 is 10.9 Å². The molecule has 0 amide bonds. The normalized spacial score (nSPS) is 11.2. The fraction of sp³-hybridized carbons (Fsp3) is 0.0588. The van der Waals surface area contributed by atoms with Crippen LogP contribution in [0.5, 0.6) is 0 Å². The number of fused-ring (bicyclic) bond motifs is 1. The Balaban J connectivity index is 1.75. The molecule has 2 heterocycles. The van der Waals surface area contributed by atoms with Gasteiger partial charge in [-0.3, -0.25) is 10.2 Å². The van der Waals surface area contributed by atoms with Gasteiger partial charge in [0.2, 0.25) is 0 Å². The van der Waals surface area contributed by atoms with Gasteiger partial charge in [-0.25, -0.2) is 8.78 Å². The molecule has 114 valence electrons. The molecule has 0 atom stereocenters. The second-order valence-electron chi connectivity index (χ2n) is 5.39. The highest BCUT2D eigenvalue weighted by Gasteiger charge is 2.10. The molecule has 23 heavy (non-hydrogen) atoms. The topological polar surface area (TPSA) is 57.4 Å². The van der Waals surface area contributed by atoms with E-state index in [9.17, 15) is 8.78 Å². The molecule has 6 heteroatoms. The van der Waals surface area contributed by atoms with Gasteiger partial charge in [0.1, 0.15) is 17.3 Å². The van der Waals surface area contributed by atoms with Crippen LogP contribution in [0.1, 0.15) is 11.1 Å². The Kier molecular flexibility index (Phi) is 3.15. The maximum Gasteiger partial charge on any atom is 0.126 e. The predicted molar refractivity (Wildman–Crippen MR) is 82.8 cm³/mol. The smallest absolute Gasteiger partial charge is 0.126 e. The third-order valence-corrected chi connectivity index (χ3v) is 3.73. The van der Waals surface area contributed by atoms with E-state index in [1.54, 1.807) is 12.4 Å². The maximum atomic E-state index is 13.3. The molecule has 2 aromatic carbocycles. The molecule has 0 aliphatic carbocycles. The van der Waals surface area contributed by atoms with Gasteiger partial charge in [0.05, 0.1) is 11.7 Å². The Morgan fingerprint density at radius 1 is 0.957 bits per heavy atom. The van der Waals surface area contributed by atoms with Gasteiger partial charge in [0.25, 0.3) is 0 Å². The van der Waals surface area contributed by atoms with E-state index in [0.29, 0.717) is 12.0 Å². The van der Waals surface area contributed by atoms with Crippen molar-refractivity contribution in [3.63, 3.8) is 0 Å². The third-order valence-electron chi connectivity index (χ3n) is 3.73. The lowest BCUT2D eigenvalue weighted by Gasteiger charge is -2.04. The first kappa shape index (κ1) is 13.6. The molecule has 4 aromatic rings. The minimum atomic E-state index is -0.566. The molecule has 2 N–H and O–H groups in total. The van der Waals surface area contributed by atoms with E-state index in [4.69, 9.17) is 0 Å². The maximum absolute atomic E-state index is 13.3. The molecule has 0 bridgehead atoms. The second-order valence-corrected chi connectivity index (χ2v) is 5.39. The van der Waals surface area contributed by atoms with Crippen LogP contribution in [-0.2, 0) is 6.42 Å². The Bertz CT molecular complexity index is 953. The van der Waals surface area contributed by atoms with E-state index in [-0.39, 0.29) is 0 Å². The number of halogens is 2. The number of aromatic amines is 2. The van der Waals surface area contributed by atoms with E-state index in [1.807, 2.05) is 18.2 Å². The molecule has 4 nitrogen and oxygen atoms in total. The van der Waals surface area contributed by atoms with Gasteiger partial charge in [0.15, 0.2) is 0 Å². The van der Waals surface area contributed by atoms with Crippen LogP contribution in [0.3, 0.4) is 0 Å². The zero-order chi connectivity index (χ0) is 15.8. The van der Waals surface area contributed by atoms with Crippen molar-refractivity contribution < 1.29 is 8.78 Å². The van der Waals surface area contributed by atoms with Crippen molar-refractivity contribution in [2.75, 3.05) is 0 Å². The molecule has 2 aromatic heterocycles. The summed E-state index contributed by atoms with van der Waals surface area (Å²) in [6.45, 7) is 0. The number of aromatic nitrogens is 4. The second kappa shape index (κ2) is 5.31. The van der Waals surface area contributed by atoms with Crippen LogP contribution in [0.2, 0.25) is 0 Å². The summed E-state index contributed by atoms with van der Waals surface area (Å²) >= 11 is 0. The Morgan fingerprint density at radius 3 is 2.52 bits per heavy atom. The van der Waals surface area contributed by atoms with Gasteiger partial charge in [-0.15, -0.1) is 0 Å².